The van der Waals surface area contributed by atoms with Gasteiger partial charge in [0.1, 0.15) is 23.0 Å². The quantitative estimate of drug-likeness (QED) is 0.174. The molecular weight excluding hydrogens is 548 g/mol. The lowest BCUT2D eigenvalue weighted by Gasteiger charge is -2.16. The number of nitrogens with one attached hydrogen (secondary N) is 1. The minimum atomic E-state index is -0.161. The number of carbonyl (C=O) groups excluding carboxylic acids is 2. The molecule has 208 valence electrons. The molecule has 0 spiro atoms. The molecule has 3 aromatic rings. The Morgan fingerprint density at radius 3 is 2.70 bits per heavy atom. The van der Waals surface area contributed by atoms with Crippen molar-refractivity contribution in [3.8, 4) is 5.75 Å². The first kappa shape index (κ1) is 27.9. The molecule has 1 fully saturated rings. The van der Waals surface area contributed by atoms with Gasteiger partial charge in [-0.05, 0) is 68.1 Å². The standard InChI is InChI=1S/C29H30N4O5S2/c1-5-30-22-10-8-19(18(2)34)15-23(22)31-29-33(17-21-7-6-12-37-21)27(35)26(40-29)28-32(3)24-16-20(38-14-13-36-4)9-11-25(24)39-28/h6-12,15-16,30H,5,13-14,17H2,1-4H3/b28-26-,31-29?. The molecule has 2 aliphatic rings. The lowest BCUT2D eigenvalue weighted by molar-refractivity contribution is -0.122. The lowest BCUT2D eigenvalue weighted by atomic mass is 10.1. The van der Waals surface area contributed by atoms with Crippen LogP contribution in [0.15, 0.2) is 79.0 Å². The van der Waals surface area contributed by atoms with Crippen molar-refractivity contribution in [3.05, 3.63) is 76.1 Å². The summed E-state index contributed by atoms with van der Waals surface area (Å²) in [7, 11) is 3.58. The van der Waals surface area contributed by atoms with Gasteiger partial charge in [0.05, 0.1) is 41.5 Å². The maximum Gasteiger partial charge on any atom is 0.269 e. The van der Waals surface area contributed by atoms with Crippen LogP contribution in [0.4, 0.5) is 17.1 Å². The van der Waals surface area contributed by atoms with Crippen LogP contribution in [0, 0.1) is 0 Å². The predicted molar refractivity (Wildman–Crippen MR) is 160 cm³/mol. The molecule has 2 aliphatic heterocycles. The van der Waals surface area contributed by atoms with Crippen molar-refractivity contribution >= 4 is 57.4 Å². The maximum atomic E-state index is 13.9. The van der Waals surface area contributed by atoms with Crippen molar-refractivity contribution in [2.45, 2.75) is 25.3 Å². The summed E-state index contributed by atoms with van der Waals surface area (Å²) in [6, 6.07) is 14.9. The fourth-order valence-corrected chi connectivity index (χ4v) is 6.58. The van der Waals surface area contributed by atoms with Crippen LogP contribution in [0.3, 0.4) is 0 Å². The number of amidine groups is 1. The molecule has 5 rings (SSSR count). The first-order valence-electron chi connectivity index (χ1n) is 12.8. The number of hydrogen-bond acceptors (Lipinski definition) is 10. The second kappa shape index (κ2) is 12.2. The van der Waals surface area contributed by atoms with Gasteiger partial charge >= 0.3 is 0 Å². The Bertz CT molecular complexity index is 1490. The number of aliphatic imine (C=N–C) groups is 1. The van der Waals surface area contributed by atoms with E-state index in [4.69, 9.17) is 18.9 Å². The molecule has 0 atom stereocenters. The average Bonchev–Trinajstić information content (AvgIpc) is 3.65. The fourth-order valence-electron chi connectivity index (χ4n) is 4.26. The van der Waals surface area contributed by atoms with E-state index in [-0.39, 0.29) is 18.2 Å². The number of ketones is 1. The Morgan fingerprint density at radius 1 is 1.12 bits per heavy atom. The molecule has 2 aromatic carbocycles. The lowest BCUT2D eigenvalue weighted by Crippen LogP contribution is -2.29. The van der Waals surface area contributed by atoms with Gasteiger partial charge in [-0.15, -0.1) is 0 Å². The monoisotopic (exact) mass is 578 g/mol. The van der Waals surface area contributed by atoms with E-state index in [0.717, 1.165) is 27.0 Å². The van der Waals surface area contributed by atoms with Crippen LogP contribution in [-0.4, -0.2) is 55.7 Å². The van der Waals surface area contributed by atoms with Gasteiger partial charge in [0.15, 0.2) is 11.0 Å². The van der Waals surface area contributed by atoms with Crippen molar-refractivity contribution in [1.29, 1.82) is 0 Å². The third-order valence-corrected chi connectivity index (χ3v) is 8.73. The van der Waals surface area contributed by atoms with E-state index < -0.39 is 0 Å². The largest absolute Gasteiger partial charge is 0.491 e. The number of hydrogen-bond donors (Lipinski definition) is 1. The van der Waals surface area contributed by atoms with E-state index >= 15 is 0 Å². The molecule has 11 heteroatoms. The fraction of sp³-hybridized carbons (Fsp3) is 0.276. The first-order valence-corrected chi connectivity index (χ1v) is 14.4. The molecule has 1 N–H and O–H groups in total. The topological polar surface area (TPSA) is 96.6 Å². The van der Waals surface area contributed by atoms with Gasteiger partial charge in [-0.2, -0.15) is 0 Å². The number of carbonyl (C=O) groups is 2. The van der Waals surface area contributed by atoms with Crippen molar-refractivity contribution < 1.29 is 23.5 Å². The molecule has 0 bridgehead atoms. The third kappa shape index (κ3) is 5.77. The van der Waals surface area contributed by atoms with Crippen LogP contribution in [0.1, 0.15) is 30.0 Å². The number of Topliss-reactive ketones (excluding diaryl/α,β-unsaturated/α-hetero) is 1. The van der Waals surface area contributed by atoms with E-state index in [1.54, 1.807) is 36.5 Å². The summed E-state index contributed by atoms with van der Waals surface area (Å²) in [6.45, 7) is 5.39. The minimum absolute atomic E-state index is 0.0535. The SMILES string of the molecule is CCNc1ccc(C(C)=O)cc1N=C1S/C(=C2\Sc3ccc(OCCOC)cc3N2C)C(=O)N1Cc1ccco1. The summed E-state index contributed by atoms with van der Waals surface area (Å²) in [5.41, 5.74) is 2.89. The number of fused-ring (bicyclic) bond motifs is 1. The van der Waals surface area contributed by atoms with Crippen LogP contribution in [0.5, 0.6) is 5.75 Å². The van der Waals surface area contributed by atoms with Crippen LogP contribution in [-0.2, 0) is 16.1 Å². The number of anilines is 2. The molecule has 40 heavy (non-hydrogen) atoms. The van der Waals surface area contributed by atoms with Gasteiger partial charge in [-0.25, -0.2) is 4.99 Å². The zero-order chi connectivity index (χ0) is 28.2. The molecule has 1 saturated heterocycles. The highest BCUT2D eigenvalue weighted by Crippen LogP contribution is 2.51. The average molecular weight is 579 g/mol. The van der Waals surface area contributed by atoms with E-state index in [0.29, 0.717) is 46.8 Å². The maximum absolute atomic E-state index is 13.9. The van der Waals surface area contributed by atoms with E-state index in [2.05, 4.69) is 5.32 Å². The first-order chi connectivity index (χ1) is 19.4. The molecule has 9 nitrogen and oxygen atoms in total. The van der Waals surface area contributed by atoms with Crippen LogP contribution < -0.4 is 15.0 Å². The normalized spacial score (nSPS) is 17.6. The van der Waals surface area contributed by atoms with Gasteiger partial charge in [-0.1, -0.05) is 11.8 Å². The summed E-state index contributed by atoms with van der Waals surface area (Å²) in [5.74, 6) is 1.17. The number of thioether (sulfide) groups is 2. The van der Waals surface area contributed by atoms with Gasteiger partial charge in [0, 0.05) is 37.2 Å². The molecule has 0 radical (unpaired) electrons. The van der Waals surface area contributed by atoms with Crippen LogP contribution >= 0.6 is 23.5 Å². The number of rotatable bonds is 10. The summed E-state index contributed by atoms with van der Waals surface area (Å²) < 4.78 is 16.5. The summed E-state index contributed by atoms with van der Waals surface area (Å²) in [6.07, 6.45) is 1.59. The minimum Gasteiger partial charge on any atom is -0.491 e. The van der Waals surface area contributed by atoms with Gasteiger partial charge in [0.2, 0.25) is 0 Å². The molecule has 0 unspecified atom stereocenters. The summed E-state index contributed by atoms with van der Waals surface area (Å²) >= 11 is 2.86. The molecule has 1 amide bonds. The molecule has 0 aliphatic carbocycles. The third-order valence-electron chi connectivity index (χ3n) is 6.30. The number of nitrogens with zero attached hydrogens (tertiary/aromatic N) is 3. The van der Waals surface area contributed by atoms with Crippen molar-refractivity contribution in [2.24, 2.45) is 4.99 Å². The molecule has 3 heterocycles. The number of ether oxygens (including phenoxy) is 2. The number of amides is 1. The van der Waals surface area contributed by atoms with Crippen molar-refractivity contribution in [3.63, 3.8) is 0 Å². The van der Waals surface area contributed by atoms with Gasteiger partial charge in [-0.3, -0.25) is 14.5 Å². The highest BCUT2D eigenvalue weighted by Gasteiger charge is 2.40. The smallest absolute Gasteiger partial charge is 0.269 e. The second-order valence-corrected chi connectivity index (χ2v) is 11.1. The van der Waals surface area contributed by atoms with Gasteiger partial charge < -0.3 is 24.1 Å². The van der Waals surface area contributed by atoms with Crippen molar-refractivity contribution in [1.82, 2.24) is 4.90 Å². The second-order valence-electron chi connectivity index (χ2n) is 9.05. The number of benzene rings is 2. The van der Waals surface area contributed by atoms with Gasteiger partial charge in [0.25, 0.3) is 5.91 Å². The summed E-state index contributed by atoms with van der Waals surface area (Å²) in [4.78, 5) is 36.2. The Morgan fingerprint density at radius 2 is 1.98 bits per heavy atom. The zero-order valence-corrected chi connectivity index (χ0v) is 24.4. The van der Waals surface area contributed by atoms with E-state index in [1.807, 2.05) is 49.2 Å². The predicted octanol–water partition coefficient (Wildman–Crippen LogP) is 6.11. The highest BCUT2D eigenvalue weighted by atomic mass is 32.2. The Balaban J connectivity index is 1.53. The number of furan rings is 1. The molecule has 0 saturated carbocycles. The Kier molecular flexibility index (Phi) is 8.53. The van der Waals surface area contributed by atoms with Crippen molar-refractivity contribution in [2.75, 3.05) is 44.1 Å². The Hall–Kier alpha value is -3.67. The van der Waals surface area contributed by atoms with Crippen LogP contribution in [0.25, 0.3) is 0 Å². The van der Waals surface area contributed by atoms with Crippen LogP contribution in [0.2, 0.25) is 0 Å². The Labute approximate surface area is 241 Å². The number of methoxy groups -OCH3 is 1. The zero-order valence-electron chi connectivity index (χ0n) is 22.7. The highest BCUT2D eigenvalue weighted by molar-refractivity contribution is 8.19. The van der Waals surface area contributed by atoms with E-state index in [9.17, 15) is 9.59 Å². The molecule has 1 aromatic heterocycles. The summed E-state index contributed by atoms with van der Waals surface area (Å²) in [5, 5.41) is 4.63. The van der Waals surface area contributed by atoms with E-state index in [1.165, 1.54) is 30.4 Å². The molecular formula is C29H30N4O5S2.